The minimum Gasteiger partial charge on any atom is -0.353 e. The fourth-order valence-corrected chi connectivity index (χ4v) is 5.35. The number of H-pyrrole nitrogens is 2. The first kappa shape index (κ1) is 21.9. The van der Waals surface area contributed by atoms with Gasteiger partial charge in [-0.3, -0.25) is 15.0 Å². The second kappa shape index (κ2) is 8.94. The summed E-state index contributed by atoms with van der Waals surface area (Å²) in [6, 6.07) is 21.0. The summed E-state index contributed by atoms with van der Waals surface area (Å²) in [7, 11) is 0. The topological polar surface area (TPSA) is 73.5 Å². The monoisotopic (exact) mass is 488 g/mol. The Balaban J connectivity index is 1.28. The summed E-state index contributed by atoms with van der Waals surface area (Å²) < 4.78 is 13.9. The van der Waals surface area contributed by atoms with Crippen LogP contribution in [-0.4, -0.2) is 43.1 Å². The van der Waals surface area contributed by atoms with Crippen LogP contribution in [0.25, 0.3) is 55.7 Å². The first-order chi connectivity index (χ1) is 18.2. The summed E-state index contributed by atoms with van der Waals surface area (Å²) in [4.78, 5) is 15.5. The van der Waals surface area contributed by atoms with Crippen molar-refractivity contribution in [2.75, 3.05) is 13.1 Å². The summed E-state index contributed by atoms with van der Waals surface area (Å²) in [5.74, 6) is -0.251. The van der Waals surface area contributed by atoms with E-state index in [1.807, 2.05) is 48.8 Å². The van der Waals surface area contributed by atoms with Gasteiger partial charge in [0.05, 0.1) is 16.9 Å². The summed E-state index contributed by atoms with van der Waals surface area (Å²) >= 11 is 0. The Morgan fingerprint density at radius 1 is 0.865 bits per heavy atom. The van der Waals surface area contributed by atoms with Crippen molar-refractivity contribution in [3.05, 3.63) is 90.5 Å². The standard InChI is InChI=1S/C30H25FN6/c31-22-6-3-5-20(14-22)23-7-4-8-26-24(23)15-28(33-26)30-29-27(35-36-30)10-9-25(34-29)21-13-19(16-32-17-21)18-37-11-1-2-12-37/h3-10,13-17,33H,1-2,11-12,18H2,(H,35,36). The van der Waals surface area contributed by atoms with E-state index in [1.165, 1.54) is 24.5 Å². The summed E-state index contributed by atoms with van der Waals surface area (Å²) in [5.41, 5.74) is 9.09. The maximum absolute atomic E-state index is 13.9. The number of fused-ring (bicyclic) bond motifs is 2. The van der Waals surface area contributed by atoms with Gasteiger partial charge in [0.25, 0.3) is 0 Å². The van der Waals surface area contributed by atoms with Gasteiger partial charge in [-0.25, -0.2) is 9.37 Å². The van der Waals surface area contributed by atoms with E-state index < -0.39 is 0 Å². The molecule has 5 heterocycles. The van der Waals surface area contributed by atoms with Gasteiger partial charge in [-0.2, -0.15) is 5.10 Å². The molecule has 0 spiro atoms. The summed E-state index contributed by atoms with van der Waals surface area (Å²) in [5, 5.41) is 8.72. The number of pyridine rings is 2. The lowest BCUT2D eigenvalue weighted by Gasteiger charge is -2.14. The van der Waals surface area contributed by atoms with Gasteiger partial charge in [0.2, 0.25) is 0 Å². The molecule has 6 aromatic rings. The molecule has 0 bridgehead atoms. The number of halogens is 1. The van der Waals surface area contributed by atoms with E-state index in [0.717, 1.165) is 75.3 Å². The Labute approximate surface area is 213 Å². The Kier molecular flexibility index (Phi) is 5.29. The van der Waals surface area contributed by atoms with Crippen molar-refractivity contribution in [3.8, 4) is 33.8 Å². The molecule has 7 heteroatoms. The van der Waals surface area contributed by atoms with E-state index in [2.05, 4.69) is 37.2 Å². The van der Waals surface area contributed by atoms with Crippen molar-refractivity contribution in [1.29, 1.82) is 0 Å². The van der Waals surface area contributed by atoms with Gasteiger partial charge in [-0.05, 0) is 85.1 Å². The molecule has 0 amide bonds. The third-order valence-corrected chi connectivity index (χ3v) is 7.16. The second-order valence-corrected chi connectivity index (χ2v) is 9.69. The van der Waals surface area contributed by atoms with Gasteiger partial charge in [0, 0.05) is 35.4 Å². The number of rotatable bonds is 5. The molecule has 37 heavy (non-hydrogen) atoms. The maximum Gasteiger partial charge on any atom is 0.135 e. The van der Waals surface area contributed by atoms with Crippen molar-refractivity contribution in [2.24, 2.45) is 0 Å². The molecule has 2 aromatic carbocycles. The number of benzene rings is 2. The molecule has 0 atom stereocenters. The zero-order chi connectivity index (χ0) is 24.8. The SMILES string of the molecule is Fc1cccc(-c2cccc3[nH]c(-c4n[nH]c5ccc(-c6cncc(CN7CCCC7)c6)nc45)cc23)c1. The van der Waals surface area contributed by atoms with Crippen LogP contribution in [0.3, 0.4) is 0 Å². The van der Waals surface area contributed by atoms with Crippen LogP contribution in [0.1, 0.15) is 18.4 Å². The molecule has 1 saturated heterocycles. The van der Waals surface area contributed by atoms with Gasteiger partial charge >= 0.3 is 0 Å². The summed E-state index contributed by atoms with van der Waals surface area (Å²) in [6.45, 7) is 3.22. The van der Waals surface area contributed by atoms with Crippen molar-refractivity contribution in [1.82, 2.24) is 30.0 Å². The Hall–Kier alpha value is -4.36. The molecule has 1 fully saturated rings. The molecular formula is C30H25FN6. The zero-order valence-electron chi connectivity index (χ0n) is 20.2. The lowest BCUT2D eigenvalue weighted by atomic mass is 10.0. The Bertz CT molecular complexity index is 1740. The van der Waals surface area contributed by atoms with Gasteiger partial charge < -0.3 is 4.98 Å². The van der Waals surface area contributed by atoms with Crippen molar-refractivity contribution < 1.29 is 4.39 Å². The van der Waals surface area contributed by atoms with Crippen LogP contribution in [0.15, 0.2) is 79.1 Å². The van der Waals surface area contributed by atoms with E-state index in [-0.39, 0.29) is 5.82 Å². The molecule has 0 unspecified atom stereocenters. The fourth-order valence-electron chi connectivity index (χ4n) is 5.35. The smallest absolute Gasteiger partial charge is 0.135 e. The lowest BCUT2D eigenvalue weighted by Crippen LogP contribution is -2.18. The van der Waals surface area contributed by atoms with E-state index in [0.29, 0.717) is 0 Å². The van der Waals surface area contributed by atoms with E-state index in [1.54, 1.807) is 12.1 Å². The van der Waals surface area contributed by atoms with Gasteiger partial charge in [-0.1, -0.05) is 24.3 Å². The van der Waals surface area contributed by atoms with Crippen molar-refractivity contribution in [2.45, 2.75) is 19.4 Å². The number of hydrogen-bond acceptors (Lipinski definition) is 4. The number of nitrogens with zero attached hydrogens (tertiary/aromatic N) is 4. The van der Waals surface area contributed by atoms with Crippen LogP contribution in [0, 0.1) is 5.82 Å². The molecule has 0 saturated carbocycles. The minimum absolute atomic E-state index is 0.251. The molecule has 0 radical (unpaired) electrons. The Morgan fingerprint density at radius 2 is 1.76 bits per heavy atom. The van der Waals surface area contributed by atoms with Crippen LogP contribution in [0.2, 0.25) is 0 Å². The molecule has 4 aromatic heterocycles. The molecule has 1 aliphatic heterocycles. The van der Waals surface area contributed by atoms with Crippen LogP contribution in [0.5, 0.6) is 0 Å². The predicted octanol–water partition coefficient (Wildman–Crippen LogP) is 6.57. The molecule has 0 aliphatic carbocycles. The number of likely N-dealkylation sites (tertiary alicyclic amines) is 1. The van der Waals surface area contributed by atoms with Crippen molar-refractivity contribution >= 4 is 21.9 Å². The highest BCUT2D eigenvalue weighted by Crippen LogP contribution is 2.34. The van der Waals surface area contributed by atoms with Crippen LogP contribution >= 0.6 is 0 Å². The van der Waals surface area contributed by atoms with Gasteiger partial charge in [0.15, 0.2) is 0 Å². The molecular weight excluding hydrogens is 463 g/mol. The van der Waals surface area contributed by atoms with Crippen LogP contribution < -0.4 is 0 Å². The first-order valence-corrected chi connectivity index (χ1v) is 12.6. The molecule has 7 rings (SSSR count). The van der Waals surface area contributed by atoms with Crippen LogP contribution in [-0.2, 0) is 6.54 Å². The minimum atomic E-state index is -0.251. The average Bonchev–Trinajstić information content (AvgIpc) is 3.67. The third-order valence-electron chi connectivity index (χ3n) is 7.16. The first-order valence-electron chi connectivity index (χ1n) is 12.6. The average molecular weight is 489 g/mol. The van der Waals surface area contributed by atoms with Gasteiger partial charge in [0.1, 0.15) is 17.0 Å². The van der Waals surface area contributed by atoms with E-state index in [4.69, 9.17) is 4.98 Å². The number of nitrogens with one attached hydrogen (secondary N) is 2. The maximum atomic E-state index is 13.9. The molecule has 2 N–H and O–H groups in total. The third kappa shape index (κ3) is 4.07. The van der Waals surface area contributed by atoms with Gasteiger partial charge in [-0.15, -0.1) is 0 Å². The largest absolute Gasteiger partial charge is 0.353 e. The highest BCUT2D eigenvalue weighted by atomic mass is 19.1. The number of aromatic nitrogens is 5. The highest BCUT2D eigenvalue weighted by molar-refractivity contribution is 6.00. The quantitative estimate of drug-likeness (QED) is 0.288. The van der Waals surface area contributed by atoms with E-state index in [9.17, 15) is 4.39 Å². The van der Waals surface area contributed by atoms with Crippen LogP contribution in [0.4, 0.5) is 4.39 Å². The van der Waals surface area contributed by atoms with E-state index >= 15 is 0 Å². The van der Waals surface area contributed by atoms with Crippen molar-refractivity contribution in [3.63, 3.8) is 0 Å². The highest BCUT2D eigenvalue weighted by Gasteiger charge is 2.16. The number of hydrogen-bond donors (Lipinski definition) is 2. The zero-order valence-corrected chi connectivity index (χ0v) is 20.2. The lowest BCUT2D eigenvalue weighted by molar-refractivity contribution is 0.331. The summed E-state index contributed by atoms with van der Waals surface area (Å²) in [6.07, 6.45) is 6.36. The number of aromatic amines is 2. The fraction of sp³-hybridized carbons (Fsp3) is 0.167. The molecule has 1 aliphatic rings. The predicted molar refractivity (Wildman–Crippen MR) is 144 cm³/mol. The molecule has 182 valence electrons. The Morgan fingerprint density at radius 3 is 2.65 bits per heavy atom. The normalized spacial score (nSPS) is 14.2. The molecule has 6 nitrogen and oxygen atoms in total. The second-order valence-electron chi connectivity index (χ2n) is 9.69.